The van der Waals surface area contributed by atoms with Crippen LogP contribution in [0, 0.1) is 20.8 Å². The highest BCUT2D eigenvalue weighted by Crippen LogP contribution is 2.22. The molecule has 2 aromatic rings. The van der Waals surface area contributed by atoms with E-state index in [2.05, 4.69) is 4.98 Å². The number of hydrogen-bond donors (Lipinski definition) is 1. The first-order chi connectivity index (χ1) is 12.6. The standard InChI is InChI=1S/C19H24N2O5S/c1-6-21(27(24,25)15-9-7-12(2)8-10-15)11-16(22)17-13(3)18(19(23)26-5)20-14(17)4/h7-10,20H,6,11H2,1-5H3. The second kappa shape index (κ2) is 8.06. The zero-order valence-electron chi connectivity index (χ0n) is 16.1. The lowest BCUT2D eigenvalue weighted by Gasteiger charge is -2.20. The number of Topliss-reactive ketones (excluding diaryl/α,β-unsaturated/α-hetero) is 1. The summed E-state index contributed by atoms with van der Waals surface area (Å²) in [5, 5.41) is 0. The summed E-state index contributed by atoms with van der Waals surface area (Å²) in [6, 6.07) is 6.48. The molecule has 0 fully saturated rings. The Hall–Kier alpha value is -2.45. The second-order valence-electron chi connectivity index (χ2n) is 6.28. The molecule has 27 heavy (non-hydrogen) atoms. The van der Waals surface area contributed by atoms with Gasteiger partial charge >= 0.3 is 5.97 Å². The van der Waals surface area contributed by atoms with Crippen LogP contribution in [-0.2, 0) is 14.8 Å². The molecule has 0 atom stereocenters. The Kier molecular flexibility index (Phi) is 6.22. The molecule has 2 rings (SSSR count). The van der Waals surface area contributed by atoms with Crippen LogP contribution in [0.4, 0.5) is 0 Å². The summed E-state index contributed by atoms with van der Waals surface area (Å²) in [5.74, 6) is -0.955. The molecule has 8 heteroatoms. The van der Waals surface area contributed by atoms with Crippen LogP contribution in [-0.4, -0.2) is 49.7 Å². The van der Waals surface area contributed by atoms with E-state index in [-0.39, 0.29) is 29.5 Å². The third-order valence-electron chi connectivity index (χ3n) is 4.44. The van der Waals surface area contributed by atoms with Gasteiger partial charge < -0.3 is 9.72 Å². The molecule has 146 valence electrons. The number of aromatic amines is 1. The van der Waals surface area contributed by atoms with Gasteiger partial charge in [0.05, 0.1) is 18.6 Å². The predicted molar refractivity (Wildman–Crippen MR) is 102 cm³/mol. The minimum Gasteiger partial charge on any atom is -0.464 e. The summed E-state index contributed by atoms with van der Waals surface area (Å²) < 4.78 is 31.6. The SMILES string of the molecule is CCN(CC(=O)c1c(C)[nH]c(C(=O)OC)c1C)S(=O)(=O)c1ccc(C)cc1. The van der Waals surface area contributed by atoms with E-state index in [0.717, 1.165) is 9.87 Å². The lowest BCUT2D eigenvalue weighted by molar-refractivity contribution is 0.0594. The van der Waals surface area contributed by atoms with Crippen LogP contribution in [0.25, 0.3) is 0 Å². The van der Waals surface area contributed by atoms with Crippen LogP contribution in [0.5, 0.6) is 0 Å². The molecule has 0 saturated heterocycles. The highest BCUT2D eigenvalue weighted by molar-refractivity contribution is 7.89. The normalized spacial score (nSPS) is 11.6. The quantitative estimate of drug-likeness (QED) is 0.577. The van der Waals surface area contributed by atoms with Crippen molar-refractivity contribution in [2.24, 2.45) is 0 Å². The molecule has 0 unspecified atom stereocenters. The number of sulfonamides is 1. The van der Waals surface area contributed by atoms with Crippen molar-refractivity contribution in [1.29, 1.82) is 0 Å². The monoisotopic (exact) mass is 392 g/mol. The summed E-state index contributed by atoms with van der Waals surface area (Å²) in [4.78, 5) is 27.6. The number of ether oxygens (including phenoxy) is 1. The molecule has 0 spiro atoms. The first kappa shape index (κ1) is 20.9. The number of nitrogens with one attached hydrogen (secondary N) is 1. The average molecular weight is 392 g/mol. The predicted octanol–water partition coefficient (Wildman–Crippen LogP) is 2.62. The first-order valence-electron chi connectivity index (χ1n) is 8.51. The van der Waals surface area contributed by atoms with Crippen molar-refractivity contribution in [3.63, 3.8) is 0 Å². The molecule has 0 aliphatic rings. The van der Waals surface area contributed by atoms with E-state index in [0.29, 0.717) is 16.8 Å². The number of nitrogens with zero attached hydrogens (tertiary/aromatic N) is 1. The molecule has 7 nitrogen and oxygen atoms in total. The lowest BCUT2D eigenvalue weighted by Crippen LogP contribution is -2.35. The van der Waals surface area contributed by atoms with Gasteiger partial charge in [-0.15, -0.1) is 0 Å². The maximum Gasteiger partial charge on any atom is 0.354 e. The van der Waals surface area contributed by atoms with Crippen LogP contribution in [0.1, 0.15) is 44.6 Å². The number of carbonyl (C=O) groups excluding carboxylic acids is 2. The molecule has 0 saturated carbocycles. The van der Waals surface area contributed by atoms with Gasteiger partial charge in [0, 0.05) is 17.8 Å². The van der Waals surface area contributed by atoms with Gasteiger partial charge in [-0.1, -0.05) is 24.6 Å². The molecular formula is C19H24N2O5S. The molecule has 0 amide bonds. The number of esters is 1. The molecular weight excluding hydrogens is 368 g/mol. The van der Waals surface area contributed by atoms with Crippen LogP contribution in [0.3, 0.4) is 0 Å². The van der Waals surface area contributed by atoms with Gasteiger partial charge in [0.1, 0.15) is 5.69 Å². The summed E-state index contributed by atoms with van der Waals surface area (Å²) in [6.07, 6.45) is 0. The molecule has 1 N–H and O–H groups in total. The van der Waals surface area contributed by atoms with Gasteiger partial charge in [-0.05, 0) is 38.5 Å². The minimum atomic E-state index is -3.80. The number of ketones is 1. The largest absolute Gasteiger partial charge is 0.464 e. The topological polar surface area (TPSA) is 96.5 Å². The maximum atomic E-state index is 12.9. The third kappa shape index (κ3) is 4.12. The van der Waals surface area contributed by atoms with Crippen LogP contribution >= 0.6 is 0 Å². The van der Waals surface area contributed by atoms with Crippen molar-refractivity contribution in [1.82, 2.24) is 9.29 Å². The van der Waals surface area contributed by atoms with E-state index in [4.69, 9.17) is 4.74 Å². The molecule has 0 aliphatic carbocycles. The van der Waals surface area contributed by atoms with Crippen LogP contribution in [0.15, 0.2) is 29.2 Å². The average Bonchev–Trinajstić information content (AvgIpc) is 2.93. The Bertz CT molecular complexity index is 959. The maximum absolute atomic E-state index is 12.9. The van der Waals surface area contributed by atoms with Crippen molar-refractivity contribution >= 4 is 21.8 Å². The number of H-pyrrole nitrogens is 1. The molecule has 0 bridgehead atoms. The number of methoxy groups -OCH3 is 1. The minimum absolute atomic E-state index is 0.139. The number of rotatable bonds is 7. The Morgan fingerprint density at radius 1 is 1.11 bits per heavy atom. The van der Waals surface area contributed by atoms with Crippen molar-refractivity contribution in [2.45, 2.75) is 32.6 Å². The molecule has 0 aliphatic heterocycles. The zero-order valence-corrected chi connectivity index (χ0v) is 16.9. The number of likely N-dealkylation sites (N-methyl/N-ethyl adjacent to an activating group) is 1. The van der Waals surface area contributed by atoms with Gasteiger partial charge in [-0.3, -0.25) is 4.79 Å². The Morgan fingerprint density at radius 2 is 1.70 bits per heavy atom. The molecule has 1 aromatic heterocycles. The summed E-state index contributed by atoms with van der Waals surface area (Å²) in [7, 11) is -2.54. The van der Waals surface area contributed by atoms with E-state index in [1.165, 1.54) is 19.2 Å². The summed E-state index contributed by atoms with van der Waals surface area (Å²) in [5.41, 5.74) is 2.41. The fourth-order valence-corrected chi connectivity index (χ4v) is 4.35. The third-order valence-corrected chi connectivity index (χ3v) is 6.37. The fourth-order valence-electron chi connectivity index (χ4n) is 2.94. The van der Waals surface area contributed by atoms with Crippen molar-refractivity contribution in [2.75, 3.05) is 20.2 Å². The number of carbonyl (C=O) groups is 2. The Labute approximate surface area is 159 Å². The Balaban J connectivity index is 2.34. The van der Waals surface area contributed by atoms with Gasteiger partial charge in [0.25, 0.3) is 0 Å². The fraction of sp³-hybridized carbons (Fsp3) is 0.368. The Morgan fingerprint density at radius 3 is 2.22 bits per heavy atom. The van der Waals surface area contributed by atoms with Gasteiger partial charge in [0.2, 0.25) is 10.0 Å². The molecule has 1 heterocycles. The van der Waals surface area contributed by atoms with Gasteiger partial charge in [-0.2, -0.15) is 4.31 Å². The number of benzene rings is 1. The van der Waals surface area contributed by atoms with Crippen molar-refractivity contribution in [3.05, 3.63) is 52.3 Å². The van der Waals surface area contributed by atoms with Crippen LogP contribution in [0.2, 0.25) is 0 Å². The van der Waals surface area contributed by atoms with Crippen LogP contribution < -0.4 is 0 Å². The smallest absolute Gasteiger partial charge is 0.354 e. The number of aryl methyl sites for hydroxylation is 2. The van der Waals surface area contributed by atoms with Crippen molar-refractivity contribution < 1.29 is 22.7 Å². The second-order valence-corrected chi connectivity index (χ2v) is 8.22. The molecule has 0 radical (unpaired) electrons. The highest BCUT2D eigenvalue weighted by Gasteiger charge is 2.28. The lowest BCUT2D eigenvalue weighted by atomic mass is 10.1. The van der Waals surface area contributed by atoms with E-state index in [9.17, 15) is 18.0 Å². The summed E-state index contributed by atoms with van der Waals surface area (Å²) >= 11 is 0. The number of aromatic nitrogens is 1. The number of hydrogen-bond acceptors (Lipinski definition) is 5. The highest BCUT2D eigenvalue weighted by atomic mass is 32.2. The van der Waals surface area contributed by atoms with Gasteiger partial charge in [-0.25, -0.2) is 13.2 Å². The summed E-state index contributed by atoms with van der Waals surface area (Å²) in [6.45, 7) is 6.68. The van der Waals surface area contributed by atoms with E-state index in [1.807, 2.05) is 6.92 Å². The zero-order chi connectivity index (χ0) is 20.4. The van der Waals surface area contributed by atoms with E-state index >= 15 is 0 Å². The van der Waals surface area contributed by atoms with E-state index in [1.54, 1.807) is 32.9 Å². The van der Waals surface area contributed by atoms with Gasteiger partial charge in [0.15, 0.2) is 5.78 Å². The van der Waals surface area contributed by atoms with E-state index < -0.39 is 16.0 Å². The first-order valence-corrected chi connectivity index (χ1v) is 9.95. The van der Waals surface area contributed by atoms with Crippen molar-refractivity contribution in [3.8, 4) is 0 Å². The molecule has 1 aromatic carbocycles.